The third-order valence-electron chi connectivity index (χ3n) is 7.57. The van der Waals surface area contributed by atoms with Gasteiger partial charge < -0.3 is 15.5 Å². The van der Waals surface area contributed by atoms with Gasteiger partial charge in [-0.2, -0.15) is 0 Å². The number of amides is 2. The second-order valence-electron chi connectivity index (χ2n) is 9.97. The summed E-state index contributed by atoms with van der Waals surface area (Å²) in [5.41, 5.74) is -0.217. The molecule has 174 valence electrons. The van der Waals surface area contributed by atoms with Gasteiger partial charge in [-0.25, -0.2) is 4.79 Å². The first-order chi connectivity index (χ1) is 15.2. The zero-order chi connectivity index (χ0) is 23.0. The van der Waals surface area contributed by atoms with Gasteiger partial charge in [-0.3, -0.25) is 19.4 Å². The van der Waals surface area contributed by atoms with Gasteiger partial charge in [-0.15, -0.1) is 0 Å². The summed E-state index contributed by atoms with van der Waals surface area (Å²) in [6, 6.07) is 9.29. The van der Waals surface area contributed by atoms with Crippen LogP contribution in [0.1, 0.15) is 38.7 Å². The van der Waals surface area contributed by atoms with E-state index >= 15 is 0 Å². The second kappa shape index (κ2) is 8.73. The Balaban J connectivity index is 1.70. The maximum atomic E-state index is 13.9. The average molecular weight is 444 g/mol. The van der Waals surface area contributed by atoms with Crippen LogP contribution >= 0.6 is 0 Å². The van der Waals surface area contributed by atoms with Gasteiger partial charge in [0.15, 0.2) is 0 Å². The van der Waals surface area contributed by atoms with Crippen molar-refractivity contribution in [2.75, 3.05) is 19.6 Å². The number of benzene rings is 1. The molecule has 0 radical (unpaired) electrons. The highest BCUT2D eigenvalue weighted by molar-refractivity contribution is 5.92. The molecule has 5 atom stereocenters. The van der Waals surface area contributed by atoms with Crippen LogP contribution < -0.4 is 5.32 Å². The molecule has 3 heterocycles. The van der Waals surface area contributed by atoms with E-state index in [-0.39, 0.29) is 36.1 Å². The molecule has 1 aromatic rings. The fourth-order valence-electron chi connectivity index (χ4n) is 6.62. The van der Waals surface area contributed by atoms with Crippen molar-refractivity contribution in [2.45, 2.75) is 51.2 Å². The number of aliphatic carboxylic acids is 1. The van der Waals surface area contributed by atoms with Gasteiger partial charge in [-0.05, 0) is 36.2 Å². The summed E-state index contributed by atoms with van der Waals surface area (Å²) in [5.74, 6) is -0.755. The Labute approximate surface area is 188 Å². The molecule has 3 aliphatic heterocycles. The van der Waals surface area contributed by atoms with Crippen LogP contribution in [0.4, 0.5) is 4.79 Å². The molecule has 1 aromatic carbocycles. The molecule has 4 fully saturated rings. The van der Waals surface area contributed by atoms with Crippen LogP contribution in [-0.4, -0.2) is 69.2 Å². The summed E-state index contributed by atoms with van der Waals surface area (Å²) in [4.78, 5) is 41.3. The molecule has 8 nitrogen and oxygen atoms in total. The van der Waals surface area contributed by atoms with Crippen molar-refractivity contribution in [3.63, 3.8) is 0 Å². The van der Waals surface area contributed by atoms with Gasteiger partial charge in [0.25, 0.3) is 0 Å². The van der Waals surface area contributed by atoms with Gasteiger partial charge in [0, 0.05) is 44.6 Å². The number of carbonyl (C=O) groups excluding carboxylic acids is 1. The van der Waals surface area contributed by atoms with E-state index in [9.17, 15) is 24.6 Å². The molecule has 32 heavy (non-hydrogen) atoms. The van der Waals surface area contributed by atoms with Gasteiger partial charge in [0.05, 0.1) is 0 Å². The van der Waals surface area contributed by atoms with E-state index in [4.69, 9.17) is 0 Å². The molecule has 0 spiro atoms. The largest absolute Gasteiger partial charge is 0.481 e. The number of carboxylic acid groups (broad SMARTS) is 2. The summed E-state index contributed by atoms with van der Waals surface area (Å²) in [6.45, 7) is 6.29. The Hall–Kier alpha value is -2.61. The summed E-state index contributed by atoms with van der Waals surface area (Å²) >= 11 is 0. The summed E-state index contributed by atoms with van der Waals surface area (Å²) in [6.07, 6.45) is 0.195. The first kappa shape index (κ1) is 22.6. The van der Waals surface area contributed by atoms with Crippen LogP contribution in [0, 0.1) is 23.7 Å². The van der Waals surface area contributed by atoms with E-state index in [0.29, 0.717) is 32.0 Å². The Bertz CT molecular complexity index is 876. The fraction of sp³-hybridized carbons (Fsp3) is 0.625. The van der Waals surface area contributed by atoms with E-state index in [1.165, 1.54) is 4.90 Å². The molecule has 2 amide bonds. The van der Waals surface area contributed by atoms with Crippen molar-refractivity contribution >= 4 is 18.0 Å². The molecule has 0 aromatic heterocycles. The Morgan fingerprint density at radius 3 is 2.50 bits per heavy atom. The van der Waals surface area contributed by atoms with Crippen LogP contribution in [0.5, 0.6) is 0 Å². The predicted molar refractivity (Wildman–Crippen MR) is 118 cm³/mol. The van der Waals surface area contributed by atoms with Crippen molar-refractivity contribution in [1.82, 2.24) is 15.1 Å². The zero-order valence-corrected chi connectivity index (χ0v) is 18.7. The molecule has 4 bridgehead atoms. The minimum Gasteiger partial charge on any atom is -0.481 e. The van der Waals surface area contributed by atoms with E-state index in [1.807, 2.05) is 30.3 Å². The normalized spacial score (nSPS) is 31.2. The highest BCUT2D eigenvalue weighted by Crippen LogP contribution is 2.57. The highest BCUT2D eigenvalue weighted by atomic mass is 16.4. The van der Waals surface area contributed by atoms with Crippen molar-refractivity contribution in [2.24, 2.45) is 23.7 Å². The van der Waals surface area contributed by atoms with Crippen molar-refractivity contribution in [3.05, 3.63) is 35.9 Å². The van der Waals surface area contributed by atoms with Crippen LogP contribution in [0.2, 0.25) is 0 Å². The second-order valence-corrected chi connectivity index (χ2v) is 9.97. The Morgan fingerprint density at radius 1 is 1.16 bits per heavy atom. The molecular formula is C24H33N3O5. The summed E-state index contributed by atoms with van der Waals surface area (Å²) in [7, 11) is 0. The molecule has 1 saturated carbocycles. The maximum Gasteiger partial charge on any atom is 0.408 e. The molecule has 8 heteroatoms. The van der Waals surface area contributed by atoms with Crippen LogP contribution in [-0.2, 0) is 16.1 Å². The van der Waals surface area contributed by atoms with E-state index < -0.39 is 17.6 Å². The minimum absolute atomic E-state index is 0.0123. The predicted octanol–water partition coefficient (Wildman–Crippen LogP) is 2.49. The van der Waals surface area contributed by atoms with Gasteiger partial charge >= 0.3 is 12.1 Å². The molecule has 3 saturated heterocycles. The quantitative estimate of drug-likeness (QED) is 0.569. The van der Waals surface area contributed by atoms with Gasteiger partial charge in [-0.1, -0.05) is 44.2 Å². The standard InChI is InChI=1S/C24H33N3O5/c1-15(2)12-26-14-18-10-17-13-27(23(31)32)24(18,21(26)19(17)8-9-20(28)29)22(30)25-11-16-6-4-3-5-7-16/h3-7,15,17-19,21H,8-14H2,1-2H3,(H,25,30)(H,28,29)(H,31,32). The van der Waals surface area contributed by atoms with Crippen molar-refractivity contribution in [3.8, 4) is 0 Å². The molecule has 3 N–H and O–H groups in total. The lowest BCUT2D eigenvalue weighted by Crippen LogP contribution is -2.77. The number of nitrogens with one attached hydrogen (secondary N) is 1. The first-order valence-electron chi connectivity index (χ1n) is 11.5. The Morgan fingerprint density at radius 2 is 1.88 bits per heavy atom. The lowest BCUT2D eigenvalue weighted by atomic mass is 9.57. The number of nitrogens with zero attached hydrogens (tertiary/aromatic N) is 2. The number of carboxylic acids is 1. The van der Waals surface area contributed by atoms with Crippen molar-refractivity contribution in [1.29, 1.82) is 0 Å². The third-order valence-corrected chi connectivity index (χ3v) is 7.57. The lowest BCUT2D eigenvalue weighted by Gasteiger charge is -2.60. The molecule has 1 aliphatic carbocycles. The first-order valence-corrected chi connectivity index (χ1v) is 11.5. The van der Waals surface area contributed by atoms with Gasteiger partial charge in [0.2, 0.25) is 5.91 Å². The van der Waals surface area contributed by atoms with Crippen LogP contribution in [0.25, 0.3) is 0 Å². The third kappa shape index (κ3) is 3.74. The average Bonchev–Trinajstić information content (AvgIpc) is 2.99. The molecule has 5 unspecified atom stereocenters. The zero-order valence-electron chi connectivity index (χ0n) is 18.7. The van der Waals surface area contributed by atoms with Crippen molar-refractivity contribution < 1.29 is 24.6 Å². The monoisotopic (exact) mass is 443 g/mol. The van der Waals surface area contributed by atoms with E-state index in [1.54, 1.807) is 0 Å². The SMILES string of the molecule is CC(C)CN1CC2CC3CN(C(=O)O)C2(C(=O)NCc2ccccc2)C1C3CCC(=O)O. The number of likely N-dealkylation sites (tertiary alicyclic amines) is 1. The number of hydrogen-bond donors (Lipinski definition) is 3. The maximum absolute atomic E-state index is 13.9. The van der Waals surface area contributed by atoms with Gasteiger partial charge in [0.1, 0.15) is 5.54 Å². The highest BCUT2D eigenvalue weighted by Gasteiger charge is 2.72. The minimum atomic E-state index is -1.17. The fourth-order valence-corrected chi connectivity index (χ4v) is 6.62. The summed E-state index contributed by atoms with van der Waals surface area (Å²) < 4.78 is 0. The molecule has 4 aliphatic rings. The number of rotatable bonds is 8. The number of carbonyl (C=O) groups is 3. The molecular weight excluding hydrogens is 410 g/mol. The number of hydrogen-bond acceptors (Lipinski definition) is 4. The van der Waals surface area contributed by atoms with E-state index in [0.717, 1.165) is 18.5 Å². The smallest absolute Gasteiger partial charge is 0.408 e. The summed E-state index contributed by atoms with van der Waals surface area (Å²) in [5, 5.41) is 22.5. The lowest BCUT2D eigenvalue weighted by molar-refractivity contribution is -0.156. The number of fused-ring (bicyclic) bond motifs is 1. The van der Waals surface area contributed by atoms with E-state index in [2.05, 4.69) is 24.1 Å². The molecule has 5 rings (SSSR count). The van der Waals surface area contributed by atoms with Crippen LogP contribution in [0.15, 0.2) is 30.3 Å². The van der Waals surface area contributed by atoms with Crippen LogP contribution in [0.3, 0.4) is 0 Å². The number of piperidine rings is 2. The Kier molecular flexibility index (Phi) is 6.16. The topological polar surface area (TPSA) is 110 Å².